The van der Waals surface area contributed by atoms with Gasteiger partial charge in [0.1, 0.15) is 12.4 Å². The van der Waals surface area contributed by atoms with E-state index in [1.54, 1.807) is 0 Å². The maximum atomic E-state index is 12.8. The molecule has 0 aliphatic carbocycles. The highest BCUT2D eigenvalue weighted by Crippen LogP contribution is 2.12. The van der Waals surface area contributed by atoms with Crippen LogP contribution in [0.15, 0.2) is 29.4 Å². The average Bonchev–Trinajstić information content (AvgIpc) is 2.91. The van der Waals surface area contributed by atoms with E-state index in [2.05, 4.69) is 9.89 Å². The molecule has 1 aromatic rings. The molecule has 0 unspecified atom stereocenters. The molecule has 1 heterocycles. The van der Waals surface area contributed by atoms with Crippen LogP contribution in [0.1, 0.15) is 24.8 Å². The zero-order valence-corrected chi connectivity index (χ0v) is 11.3. The van der Waals surface area contributed by atoms with Crippen molar-refractivity contribution in [3.63, 3.8) is 0 Å². The minimum atomic E-state index is -0.616. The van der Waals surface area contributed by atoms with Gasteiger partial charge in [-0.3, -0.25) is 4.79 Å². The Kier molecular flexibility index (Phi) is 4.86. The Bertz CT molecular complexity index is 557. The first kappa shape index (κ1) is 15.0. The van der Waals surface area contributed by atoms with Crippen LogP contribution in [-0.4, -0.2) is 41.0 Å². The molecule has 1 N–H and O–H groups in total. The molecule has 1 aliphatic rings. The van der Waals surface area contributed by atoms with Gasteiger partial charge in [0.25, 0.3) is 0 Å². The number of hydrogen-bond acceptors (Lipinski definition) is 5. The molecule has 0 saturated carbocycles. The van der Waals surface area contributed by atoms with Gasteiger partial charge in [0.15, 0.2) is 0 Å². The molecule has 112 valence electrons. The van der Waals surface area contributed by atoms with Crippen LogP contribution in [0.4, 0.5) is 9.18 Å². The molecule has 1 aromatic carbocycles. The van der Waals surface area contributed by atoms with Crippen molar-refractivity contribution in [2.24, 2.45) is 5.16 Å². The van der Waals surface area contributed by atoms with Crippen LogP contribution in [0, 0.1) is 5.82 Å². The minimum Gasteiger partial charge on any atom is -0.447 e. The van der Waals surface area contributed by atoms with Crippen LogP contribution in [0.3, 0.4) is 0 Å². The summed E-state index contributed by atoms with van der Waals surface area (Å²) in [5, 5.41) is 12.2. The number of imide groups is 1. The van der Waals surface area contributed by atoms with Gasteiger partial charge in [-0.25, -0.2) is 14.1 Å². The number of nitrogens with zero attached hydrogens (tertiary/aromatic N) is 2. The fourth-order valence-corrected chi connectivity index (χ4v) is 2.06. The molecule has 0 aromatic heterocycles. The number of benzene rings is 1. The van der Waals surface area contributed by atoms with Gasteiger partial charge in [-0.05, 0) is 30.5 Å². The smallest absolute Gasteiger partial charge is 0.416 e. The Hall–Kier alpha value is -2.44. The Morgan fingerprint density at radius 2 is 2.05 bits per heavy atom. The van der Waals surface area contributed by atoms with E-state index in [9.17, 15) is 14.0 Å². The number of carbonyl (C=O) groups excluding carboxylic acids is 2. The molecule has 0 radical (unpaired) electrons. The first-order valence-corrected chi connectivity index (χ1v) is 6.56. The molecule has 2 amide bonds. The molecule has 1 saturated heterocycles. The lowest BCUT2D eigenvalue weighted by atomic mass is 10.0. The summed E-state index contributed by atoms with van der Waals surface area (Å²) in [6.07, 6.45) is 0.292. The molecule has 2 rings (SSSR count). The maximum Gasteiger partial charge on any atom is 0.416 e. The van der Waals surface area contributed by atoms with Crippen molar-refractivity contribution in [3.8, 4) is 0 Å². The summed E-state index contributed by atoms with van der Waals surface area (Å²) in [7, 11) is 0. The largest absolute Gasteiger partial charge is 0.447 e. The van der Waals surface area contributed by atoms with Crippen molar-refractivity contribution in [1.82, 2.24) is 4.90 Å². The number of rotatable bonds is 5. The molecule has 0 atom stereocenters. The summed E-state index contributed by atoms with van der Waals surface area (Å²) < 4.78 is 17.5. The lowest BCUT2D eigenvalue weighted by Gasteiger charge is -2.10. The Labute approximate surface area is 120 Å². The van der Waals surface area contributed by atoms with Gasteiger partial charge in [-0.15, -0.1) is 0 Å². The van der Waals surface area contributed by atoms with Crippen LogP contribution >= 0.6 is 0 Å². The lowest BCUT2D eigenvalue weighted by Crippen LogP contribution is -2.31. The monoisotopic (exact) mass is 294 g/mol. The molecular formula is C14H15FN2O4. The summed E-state index contributed by atoms with van der Waals surface area (Å²) in [6, 6.07) is 5.55. The summed E-state index contributed by atoms with van der Waals surface area (Å²) in [5.74, 6) is -0.687. The van der Waals surface area contributed by atoms with E-state index < -0.39 is 6.09 Å². The molecule has 1 aliphatic heterocycles. The molecule has 0 bridgehead atoms. The van der Waals surface area contributed by atoms with E-state index in [1.807, 2.05) is 0 Å². The molecule has 7 heteroatoms. The van der Waals surface area contributed by atoms with Gasteiger partial charge in [-0.1, -0.05) is 17.3 Å². The predicted octanol–water partition coefficient (Wildman–Crippen LogP) is 2.15. The van der Waals surface area contributed by atoms with E-state index in [0.717, 1.165) is 4.90 Å². The third kappa shape index (κ3) is 3.77. The second kappa shape index (κ2) is 6.83. The topological polar surface area (TPSA) is 79.2 Å². The third-order valence-electron chi connectivity index (χ3n) is 3.16. The molecule has 1 fully saturated rings. The third-order valence-corrected chi connectivity index (χ3v) is 3.16. The van der Waals surface area contributed by atoms with E-state index in [1.165, 1.54) is 24.3 Å². The van der Waals surface area contributed by atoms with Crippen molar-refractivity contribution in [3.05, 3.63) is 35.6 Å². The van der Waals surface area contributed by atoms with Gasteiger partial charge in [0.05, 0.1) is 12.3 Å². The van der Waals surface area contributed by atoms with Gasteiger partial charge in [-0.2, -0.15) is 0 Å². The first-order chi connectivity index (χ1) is 10.1. The van der Waals surface area contributed by atoms with Gasteiger partial charge < -0.3 is 9.94 Å². The minimum absolute atomic E-state index is 0.148. The van der Waals surface area contributed by atoms with Gasteiger partial charge in [0.2, 0.25) is 5.91 Å². The Morgan fingerprint density at radius 1 is 1.33 bits per heavy atom. The number of hydrogen-bond donors (Lipinski definition) is 1. The van der Waals surface area contributed by atoms with Crippen LogP contribution in [0.5, 0.6) is 0 Å². The Balaban J connectivity index is 1.85. The molecule has 21 heavy (non-hydrogen) atoms. The molecule has 0 spiro atoms. The van der Waals surface area contributed by atoms with Crippen LogP contribution < -0.4 is 0 Å². The van der Waals surface area contributed by atoms with E-state index >= 15 is 0 Å². The van der Waals surface area contributed by atoms with Gasteiger partial charge in [0, 0.05) is 6.42 Å². The predicted molar refractivity (Wildman–Crippen MR) is 71.6 cm³/mol. The standard InChI is InChI=1S/C14H15FN2O4/c15-11-6-4-10(5-7-11)12(16-20)2-1-3-13(18)17-8-9-21-14(17)19/h4-7,20H,1-3,8-9H2/b16-12+. The highest BCUT2D eigenvalue weighted by Gasteiger charge is 2.27. The fraction of sp³-hybridized carbons (Fsp3) is 0.357. The summed E-state index contributed by atoms with van der Waals surface area (Å²) in [6.45, 7) is 0.500. The average molecular weight is 294 g/mol. The van der Waals surface area contributed by atoms with Crippen LogP contribution in [-0.2, 0) is 9.53 Å². The first-order valence-electron chi connectivity index (χ1n) is 6.56. The summed E-state index contributed by atoms with van der Waals surface area (Å²) in [4.78, 5) is 24.0. The van der Waals surface area contributed by atoms with Crippen molar-refractivity contribution in [2.75, 3.05) is 13.2 Å². The highest BCUT2D eigenvalue weighted by atomic mass is 19.1. The van der Waals surface area contributed by atoms with Gasteiger partial charge >= 0.3 is 6.09 Å². The lowest BCUT2D eigenvalue weighted by molar-refractivity contribution is -0.127. The number of cyclic esters (lactones) is 1. The van der Waals surface area contributed by atoms with Crippen molar-refractivity contribution < 1.29 is 23.9 Å². The second-order valence-electron chi connectivity index (χ2n) is 4.57. The molecule has 6 nitrogen and oxygen atoms in total. The second-order valence-corrected chi connectivity index (χ2v) is 4.57. The van der Waals surface area contributed by atoms with Crippen molar-refractivity contribution in [2.45, 2.75) is 19.3 Å². The number of oxime groups is 1. The van der Waals surface area contributed by atoms with E-state index in [4.69, 9.17) is 5.21 Å². The van der Waals surface area contributed by atoms with E-state index in [0.29, 0.717) is 24.1 Å². The van der Waals surface area contributed by atoms with Crippen LogP contribution in [0.2, 0.25) is 0 Å². The number of amides is 2. The van der Waals surface area contributed by atoms with E-state index in [-0.39, 0.29) is 31.3 Å². The zero-order chi connectivity index (χ0) is 15.2. The number of ether oxygens (including phenoxy) is 1. The van der Waals surface area contributed by atoms with Crippen molar-refractivity contribution >= 4 is 17.7 Å². The zero-order valence-electron chi connectivity index (χ0n) is 11.3. The SMILES string of the molecule is O=C(CCC/C(=N\O)c1ccc(F)cc1)N1CCOC1=O. The summed E-state index contributed by atoms with van der Waals surface area (Å²) in [5.41, 5.74) is 0.957. The van der Waals surface area contributed by atoms with Crippen LogP contribution in [0.25, 0.3) is 0 Å². The number of carbonyl (C=O) groups is 2. The van der Waals surface area contributed by atoms with Crippen molar-refractivity contribution in [1.29, 1.82) is 0 Å². The summed E-state index contributed by atoms with van der Waals surface area (Å²) >= 11 is 0. The normalized spacial score (nSPS) is 15.2. The quantitative estimate of drug-likeness (QED) is 0.512. The highest BCUT2D eigenvalue weighted by molar-refractivity contribution is 6.00. The fourth-order valence-electron chi connectivity index (χ4n) is 2.06. The Morgan fingerprint density at radius 3 is 2.62 bits per heavy atom. The number of halogens is 1. The molecular weight excluding hydrogens is 279 g/mol. The maximum absolute atomic E-state index is 12.8.